The van der Waals surface area contributed by atoms with E-state index in [0.29, 0.717) is 6.54 Å². The van der Waals surface area contributed by atoms with Crippen molar-refractivity contribution < 1.29 is 5.11 Å². The largest absolute Gasteiger partial charge is 0.390 e. The van der Waals surface area contributed by atoms with Crippen molar-refractivity contribution in [2.75, 3.05) is 26.2 Å². The van der Waals surface area contributed by atoms with Crippen LogP contribution in [-0.2, 0) is 13.6 Å². The minimum absolute atomic E-state index is 0.306. The van der Waals surface area contributed by atoms with Gasteiger partial charge in [0, 0.05) is 38.4 Å². The molecule has 2 N–H and O–H groups in total. The number of hydrogen-bond acceptors (Lipinski definition) is 5. The molecule has 120 valence electrons. The van der Waals surface area contributed by atoms with Gasteiger partial charge < -0.3 is 15.3 Å². The van der Waals surface area contributed by atoms with Crippen molar-refractivity contribution in [2.24, 2.45) is 7.05 Å². The van der Waals surface area contributed by atoms with Gasteiger partial charge in [-0.15, -0.1) is 11.3 Å². The van der Waals surface area contributed by atoms with Crippen LogP contribution in [0.3, 0.4) is 0 Å². The third-order valence-corrected chi connectivity index (χ3v) is 4.90. The molecule has 2 aromatic rings. The molecule has 0 amide bonds. The Morgan fingerprint density at radius 3 is 2.95 bits per heavy atom. The molecule has 0 saturated carbocycles. The molecule has 0 bridgehead atoms. The number of aliphatic hydroxyl groups excluding tert-OH is 1. The van der Waals surface area contributed by atoms with Gasteiger partial charge >= 0.3 is 0 Å². The molecule has 5 nitrogen and oxygen atoms in total. The lowest BCUT2D eigenvalue weighted by Crippen LogP contribution is -2.36. The van der Waals surface area contributed by atoms with E-state index in [1.807, 2.05) is 17.8 Å². The summed E-state index contributed by atoms with van der Waals surface area (Å²) >= 11 is 1.70. The molecule has 0 aliphatic carbocycles. The Kier molecular flexibility index (Phi) is 5.25. The van der Waals surface area contributed by atoms with E-state index in [1.54, 1.807) is 11.3 Å². The molecule has 1 atom stereocenters. The Bertz CT molecular complexity index is 575. The van der Waals surface area contributed by atoms with Crippen LogP contribution in [0.4, 0.5) is 0 Å². The van der Waals surface area contributed by atoms with E-state index >= 15 is 0 Å². The van der Waals surface area contributed by atoms with Crippen molar-refractivity contribution in [3.8, 4) is 10.6 Å². The van der Waals surface area contributed by atoms with E-state index in [-0.39, 0.29) is 6.10 Å². The van der Waals surface area contributed by atoms with E-state index < -0.39 is 0 Å². The highest BCUT2D eigenvalue weighted by Gasteiger charge is 2.16. The van der Waals surface area contributed by atoms with Crippen LogP contribution in [0.15, 0.2) is 23.7 Å². The molecule has 1 saturated heterocycles. The maximum absolute atomic E-state index is 10.1. The summed E-state index contributed by atoms with van der Waals surface area (Å²) in [6.07, 6.45) is 4.27. The van der Waals surface area contributed by atoms with Gasteiger partial charge in [-0.3, -0.25) is 4.68 Å². The zero-order chi connectivity index (χ0) is 15.4. The van der Waals surface area contributed by atoms with Gasteiger partial charge in [0.2, 0.25) is 0 Å². The first-order chi connectivity index (χ1) is 10.7. The van der Waals surface area contributed by atoms with E-state index in [1.165, 1.54) is 23.3 Å². The standard InChI is InChI=1S/C16H24N4OS/c1-19-11-13(16(18-19)15-5-4-8-22-15)9-17-10-14(21)12-20-6-2-3-7-20/h4-5,8,11,14,17,21H,2-3,6-7,9-10,12H2,1H3. The third-order valence-electron chi connectivity index (χ3n) is 4.02. The molecule has 0 radical (unpaired) electrons. The van der Waals surface area contributed by atoms with Crippen LogP contribution in [0.25, 0.3) is 10.6 Å². The molecular formula is C16H24N4OS. The molecule has 3 rings (SSSR count). The molecule has 1 fully saturated rings. The summed E-state index contributed by atoms with van der Waals surface area (Å²) in [5.41, 5.74) is 2.22. The monoisotopic (exact) mass is 320 g/mol. The summed E-state index contributed by atoms with van der Waals surface area (Å²) in [6, 6.07) is 4.14. The fourth-order valence-electron chi connectivity index (χ4n) is 2.99. The molecule has 22 heavy (non-hydrogen) atoms. The van der Waals surface area contributed by atoms with Gasteiger partial charge in [-0.05, 0) is 37.4 Å². The second-order valence-electron chi connectivity index (χ2n) is 5.95. The topological polar surface area (TPSA) is 53.3 Å². The Morgan fingerprint density at radius 1 is 1.41 bits per heavy atom. The van der Waals surface area contributed by atoms with Crippen LogP contribution in [0.5, 0.6) is 0 Å². The van der Waals surface area contributed by atoms with Gasteiger partial charge in [-0.25, -0.2) is 0 Å². The number of likely N-dealkylation sites (tertiary alicyclic amines) is 1. The van der Waals surface area contributed by atoms with Gasteiger partial charge in [-0.2, -0.15) is 5.10 Å². The Hall–Kier alpha value is -1.21. The molecule has 1 aliphatic heterocycles. The second kappa shape index (κ2) is 7.37. The molecule has 2 aromatic heterocycles. The highest BCUT2D eigenvalue weighted by molar-refractivity contribution is 7.13. The number of aromatic nitrogens is 2. The Balaban J connectivity index is 1.51. The zero-order valence-electron chi connectivity index (χ0n) is 13.0. The maximum atomic E-state index is 10.1. The molecule has 1 unspecified atom stereocenters. The maximum Gasteiger partial charge on any atom is 0.107 e. The number of nitrogens with zero attached hydrogens (tertiary/aromatic N) is 3. The first-order valence-electron chi connectivity index (χ1n) is 7.90. The highest BCUT2D eigenvalue weighted by Crippen LogP contribution is 2.26. The predicted molar refractivity (Wildman–Crippen MR) is 89.9 cm³/mol. The van der Waals surface area contributed by atoms with Crippen molar-refractivity contribution in [1.82, 2.24) is 20.0 Å². The number of β-amino-alcohol motifs (C(OH)–C–C–N with tert-alkyl or cyclic N) is 1. The SMILES string of the molecule is Cn1cc(CNCC(O)CN2CCCC2)c(-c2cccs2)n1. The van der Waals surface area contributed by atoms with Crippen molar-refractivity contribution in [1.29, 1.82) is 0 Å². The molecule has 3 heterocycles. The smallest absolute Gasteiger partial charge is 0.107 e. The van der Waals surface area contributed by atoms with Crippen LogP contribution in [0, 0.1) is 0 Å². The van der Waals surface area contributed by atoms with E-state index in [0.717, 1.165) is 31.9 Å². The van der Waals surface area contributed by atoms with Crippen LogP contribution >= 0.6 is 11.3 Å². The number of hydrogen-bond donors (Lipinski definition) is 2. The quantitative estimate of drug-likeness (QED) is 0.815. The lowest BCUT2D eigenvalue weighted by Gasteiger charge is -2.19. The molecular weight excluding hydrogens is 296 g/mol. The first kappa shape index (κ1) is 15.7. The minimum atomic E-state index is -0.306. The number of nitrogens with one attached hydrogen (secondary N) is 1. The normalized spacial score (nSPS) is 17.2. The van der Waals surface area contributed by atoms with Gasteiger partial charge in [0.1, 0.15) is 5.69 Å². The van der Waals surface area contributed by atoms with Crippen molar-refractivity contribution in [2.45, 2.75) is 25.5 Å². The fourth-order valence-corrected chi connectivity index (χ4v) is 3.73. The lowest BCUT2D eigenvalue weighted by atomic mass is 10.2. The average molecular weight is 320 g/mol. The summed E-state index contributed by atoms with van der Waals surface area (Å²) in [5.74, 6) is 0. The predicted octanol–water partition coefficient (Wildman–Crippen LogP) is 1.69. The fraction of sp³-hybridized carbons (Fsp3) is 0.562. The van der Waals surface area contributed by atoms with Gasteiger partial charge in [0.25, 0.3) is 0 Å². The number of aliphatic hydroxyl groups is 1. The minimum Gasteiger partial charge on any atom is -0.390 e. The first-order valence-corrected chi connectivity index (χ1v) is 8.78. The lowest BCUT2D eigenvalue weighted by molar-refractivity contribution is 0.123. The molecule has 1 aliphatic rings. The second-order valence-corrected chi connectivity index (χ2v) is 6.89. The number of thiophene rings is 1. The number of rotatable bonds is 7. The van der Waals surface area contributed by atoms with E-state index in [9.17, 15) is 5.11 Å². The Morgan fingerprint density at radius 2 is 2.23 bits per heavy atom. The number of aryl methyl sites for hydroxylation is 1. The average Bonchev–Trinajstić information content (AvgIpc) is 3.20. The molecule has 0 aromatic carbocycles. The van der Waals surface area contributed by atoms with E-state index in [4.69, 9.17) is 0 Å². The zero-order valence-corrected chi connectivity index (χ0v) is 13.9. The van der Waals surface area contributed by atoms with E-state index in [2.05, 4.69) is 33.0 Å². The summed E-state index contributed by atoms with van der Waals surface area (Å²) in [7, 11) is 1.95. The van der Waals surface area contributed by atoms with Gasteiger partial charge in [-0.1, -0.05) is 6.07 Å². The summed E-state index contributed by atoms with van der Waals surface area (Å²) in [6.45, 7) is 4.38. The van der Waals surface area contributed by atoms with Gasteiger partial charge in [0.05, 0.1) is 11.0 Å². The summed E-state index contributed by atoms with van der Waals surface area (Å²) in [4.78, 5) is 3.53. The van der Waals surface area contributed by atoms with Crippen molar-refractivity contribution >= 4 is 11.3 Å². The Labute approximate surface area is 135 Å². The van der Waals surface area contributed by atoms with Crippen LogP contribution in [0.2, 0.25) is 0 Å². The summed E-state index contributed by atoms with van der Waals surface area (Å²) < 4.78 is 1.85. The molecule has 0 spiro atoms. The third kappa shape index (κ3) is 3.95. The van der Waals surface area contributed by atoms with Crippen molar-refractivity contribution in [3.63, 3.8) is 0 Å². The highest BCUT2D eigenvalue weighted by atomic mass is 32.1. The van der Waals surface area contributed by atoms with Gasteiger partial charge in [0.15, 0.2) is 0 Å². The van der Waals surface area contributed by atoms with Crippen LogP contribution in [0.1, 0.15) is 18.4 Å². The summed E-state index contributed by atoms with van der Waals surface area (Å²) in [5, 5.41) is 20.1. The molecule has 6 heteroatoms. The van der Waals surface area contributed by atoms with Crippen molar-refractivity contribution in [3.05, 3.63) is 29.3 Å². The van der Waals surface area contributed by atoms with Crippen LogP contribution in [-0.4, -0.2) is 52.1 Å². The van der Waals surface area contributed by atoms with Crippen LogP contribution < -0.4 is 5.32 Å².